The van der Waals surface area contributed by atoms with Crippen LogP contribution in [0.2, 0.25) is 0 Å². The van der Waals surface area contributed by atoms with E-state index in [9.17, 15) is 18.0 Å². The maximum absolute atomic E-state index is 12.5. The number of benzene rings is 2. The monoisotopic (exact) mass is 321 g/mol. The van der Waals surface area contributed by atoms with E-state index in [0.717, 1.165) is 23.4 Å². The minimum absolute atomic E-state index is 0.253. The summed E-state index contributed by atoms with van der Waals surface area (Å²) in [6.07, 6.45) is -3.84. The number of alkyl halides is 3. The Morgan fingerprint density at radius 2 is 1.78 bits per heavy atom. The Bertz CT molecular complexity index is 711. The second kappa shape index (κ2) is 5.95. The van der Waals surface area contributed by atoms with Crippen molar-refractivity contribution in [1.82, 2.24) is 0 Å². The molecule has 0 unspecified atom stereocenters. The van der Waals surface area contributed by atoms with Crippen molar-refractivity contribution in [3.63, 3.8) is 0 Å². The molecule has 0 radical (unpaired) electrons. The Morgan fingerprint density at radius 1 is 1.09 bits per heavy atom. The number of ether oxygens (including phenoxy) is 1. The van der Waals surface area contributed by atoms with Gasteiger partial charge in [-0.05, 0) is 42.3 Å². The average molecular weight is 321 g/mol. The minimum Gasteiger partial charge on any atom is -0.492 e. The van der Waals surface area contributed by atoms with Crippen LogP contribution in [-0.2, 0) is 17.4 Å². The fourth-order valence-corrected chi connectivity index (χ4v) is 2.48. The first-order chi connectivity index (χ1) is 10.9. The molecular formula is C17H14F3NO2. The number of carbonyl (C=O) groups excluding carboxylic acids is 1. The summed E-state index contributed by atoms with van der Waals surface area (Å²) in [7, 11) is 0. The van der Waals surface area contributed by atoms with Gasteiger partial charge in [0.15, 0.2) is 0 Å². The zero-order chi connectivity index (χ0) is 16.4. The summed E-state index contributed by atoms with van der Waals surface area (Å²) in [5.74, 6) is 0.137. The Morgan fingerprint density at radius 3 is 2.48 bits per heavy atom. The first-order valence-corrected chi connectivity index (χ1v) is 7.12. The van der Waals surface area contributed by atoms with Crippen molar-refractivity contribution < 1.29 is 22.7 Å². The highest BCUT2D eigenvalue weighted by Gasteiger charge is 2.30. The van der Waals surface area contributed by atoms with Gasteiger partial charge in [-0.2, -0.15) is 13.2 Å². The number of amides is 1. The maximum Gasteiger partial charge on any atom is 0.416 e. The number of carbonyl (C=O) groups is 1. The molecule has 0 bridgehead atoms. The Labute approximate surface area is 131 Å². The summed E-state index contributed by atoms with van der Waals surface area (Å²) in [6, 6.07) is 11.9. The number of nitrogens with one attached hydrogen (secondary N) is 1. The first-order valence-electron chi connectivity index (χ1n) is 7.12. The Kier molecular flexibility index (Phi) is 3.98. The molecule has 0 saturated carbocycles. The smallest absolute Gasteiger partial charge is 0.416 e. The fourth-order valence-electron chi connectivity index (χ4n) is 2.48. The van der Waals surface area contributed by atoms with Crippen molar-refractivity contribution in [3.8, 4) is 5.75 Å². The van der Waals surface area contributed by atoms with E-state index in [4.69, 9.17) is 4.74 Å². The molecule has 0 aliphatic carbocycles. The summed E-state index contributed by atoms with van der Waals surface area (Å²) in [5.41, 5.74) is 0.540. The van der Waals surface area contributed by atoms with Gasteiger partial charge in [-0.25, -0.2) is 0 Å². The van der Waals surface area contributed by atoms with Gasteiger partial charge in [-0.3, -0.25) is 4.79 Å². The molecule has 0 fully saturated rings. The number of hydrogen-bond donors (Lipinski definition) is 1. The van der Waals surface area contributed by atoms with E-state index >= 15 is 0 Å². The number of hydrogen-bond acceptors (Lipinski definition) is 2. The van der Waals surface area contributed by atoms with Gasteiger partial charge >= 0.3 is 6.18 Å². The van der Waals surface area contributed by atoms with Crippen LogP contribution in [-0.4, -0.2) is 12.5 Å². The molecule has 1 atom stereocenters. The van der Waals surface area contributed by atoms with Crippen LogP contribution in [0.1, 0.15) is 11.1 Å². The minimum atomic E-state index is -4.39. The normalized spacial score (nSPS) is 17.1. The molecule has 0 aromatic heterocycles. The lowest BCUT2D eigenvalue weighted by molar-refractivity contribution is -0.137. The lowest BCUT2D eigenvalue weighted by Gasteiger charge is -2.24. The molecule has 6 heteroatoms. The van der Waals surface area contributed by atoms with Gasteiger partial charge in [0.2, 0.25) is 5.91 Å². The molecule has 1 aliphatic rings. The van der Waals surface area contributed by atoms with Gasteiger partial charge < -0.3 is 10.1 Å². The summed E-state index contributed by atoms with van der Waals surface area (Å²) < 4.78 is 43.1. The van der Waals surface area contributed by atoms with Gasteiger partial charge in [-0.1, -0.05) is 18.2 Å². The maximum atomic E-state index is 12.5. The highest BCUT2D eigenvalue weighted by Crippen LogP contribution is 2.30. The molecule has 1 amide bonds. The lowest BCUT2D eigenvalue weighted by Crippen LogP contribution is -2.32. The quantitative estimate of drug-likeness (QED) is 0.911. The van der Waals surface area contributed by atoms with Crippen LogP contribution in [0.3, 0.4) is 0 Å². The van der Waals surface area contributed by atoms with E-state index in [1.807, 2.05) is 24.3 Å². The van der Waals surface area contributed by atoms with Gasteiger partial charge in [0.1, 0.15) is 12.4 Å². The molecule has 1 N–H and O–H groups in total. The molecule has 1 aliphatic heterocycles. The Hall–Kier alpha value is -2.50. The second-order valence-corrected chi connectivity index (χ2v) is 5.38. The van der Waals surface area contributed by atoms with Gasteiger partial charge in [0, 0.05) is 5.69 Å². The summed E-state index contributed by atoms with van der Waals surface area (Å²) >= 11 is 0. The fraction of sp³-hybridized carbons (Fsp3) is 0.235. The summed E-state index contributed by atoms with van der Waals surface area (Å²) in [4.78, 5) is 12.2. The zero-order valence-electron chi connectivity index (χ0n) is 12.1. The van der Waals surface area contributed by atoms with Crippen LogP contribution in [0.4, 0.5) is 18.9 Å². The van der Waals surface area contributed by atoms with E-state index in [1.165, 1.54) is 12.1 Å². The van der Waals surface area contributed by atoms with E-state index in [1.54, 1.807) is 0 Å². The van der Waals surface area contributed by atoms with E-state index in [2.05, 4.69) is 5.32 Å². The molecule has 3 rings (SSSR count). The largest absolute Gasteiger partial charge is 0.492 e. The highest BCUT2D eigenvalue weighted by atomic mass is 19.4. The topological polar surface area (TPSA) is 38.3 Å². The van der Waals surface area contributed by atoms with Gasteiger partial charge in [0.05, 0.1) is 11.5 Å². The third kappa shape index (κ3) is 3.47. The van der Waals surface area contributed by atoms with Crippen molar-refractivity contribution in [2.45, 2.75) is 12.6 Å². The average Bonchev–Trinajstić information content (AvgIpc) is 2.54. The summed E-state index contributed by atoms with van der Waals surface area (Å²) in [5, 5.41) is 2.63. The van der Waals surface area contributed by atoms with Gasteiger partial charge in [0.25, 0.3) is 0 Å². The third-order valence-corrected chi connectivity index (χ3v) is 3.73. The van der Waals surface area contributed by atoms with E-state index in [0.29, 0.717) is 12.1 Å². The number of halogens is 3. The van der Waals surface area contributed by atoms with Crippen molar-refractivity contribution >= 4 is 11.6 Å². The van der Waals surface area contributed by atoms with E-state index < -0.39 is 11.7 Å². The predicted molar refractivity (Wildman–Crippen MR) is 79.2 cm³/mol. The van der Waals surface area contributed by atoms with Crippen molar-refractivity contribution in [3.05, 3.63) is 59.7 Å². The molecule has 0 spiro atoms. The van der Waals surface area contributed by atoms with Crippen LogP contribution in [0.15, 0.2) is 48.5 Å². The molecule has 120 valence electrons. The molecule has 2 aromatic rings. The molecular weight excluding hydrogens is 307 g/mol. The molecule has 23 heavy (non-hydrogen) atoms. The van der Waals surface area contributed by atoms with Crippen molar-refractivity contribution in [2.75, 3.05) is 11.9 Å². The standard InChI is InChI=1S/C17H14F3NO2/c18-17(19,20)13-5-7-14(8-6-13)21-16(22)12-9-11-3-1-2-4-15(11)23-10-12/h1-8,12H,9-10H2,(H,21,22)/t12-/m0/s1. The number of anilines is 1. The van der Waals surface area contributed by atoms with Gasteiger partial charge in [-0.15, -0.1) is 0 Å². The third-order valence-electron chi connectivity index (χ3n) is 3.73. The van der Waals surface area contributed by atoms with Crippen molar-refractivity contribution in [1.29, 1.82) is 0 Å². The molecule has 2 aromatic carbocycles. The second-order valence-electron chi connectivity index (χ2n) is 5.38. The molecule has 0 saturated heterocycles. The SMILES string of the molecule is O=C(Nc1ccc(C(F)(F)F)cc1)[C@@H]1COc2ccccc2C1. The van der Waals surface area contributed by atoms with Crippen LogP contribution in [0.25, 0.3) is 0 Å². The number of fused-ring (bicyclic) bond motifs is 1. The van der Waals surface area contributed by atoms with Crippen molar-refractivity contribution in [2.24, 2.45) is 5.92 Å². The first kappa shape index (κ1) is 15.4. The van der Waals surface area contributed by atoms with Crippen LogP contribution in [0, 0.1) is 5.92 Å². The lowest BCUT2D eigenvalue weighted by atomic mass is 9.96. The van der Waals surface area contributed by atoms with Crippen LogP contribution >= 0.6 is 0 Å². The molecule has 1 heterocycles. The zero-order valence-corrected chi connectivity index (χ0v) is 12.1. The van der Waals surface area contributed by atoms with Crippen LogP contribution < -0.4 is 10.1 Å². The number of para-hydroxylation sites is 1. The molecule has 3 nitrogen and oxygen atoms in total. The van der Waals surface area contributed by atoms with E-state index in [-0.39, 0.29) is 18.4 Å². The highest BCUT2D eigenvalue weighted by molar-refractivity contribution is 5.93. The summed E-state index contributed by atoms with van der Waals surface area (Å²) in [6.45, 7) is 0.253. The van der Waals surface area contributed by atoms with Crippen LogP contribution in [0.5, 0.6) is 5.75 Å². The Balaban J connectivity index is 1.66. The number of rotatable bonds is 2. The predicted octanol–water partition coefficient (Wildman–Crippen LogP) is 3.90.